The molecule has 0 spiro atoms. The fraction of sp³-hybridized carbons (Fsp3) is 0.0159. The largest absolute Gasteiger partial charge is 0.310 e. The zero-order valence-electron chi connectivity index (χ0n) is 35.5. The zero-order valence-corrected chi connectivity index (χ0v) is 35.5. The summed E-state index contributed by atoms with van der Waals surface area (Å²) in [6.07, 6.45) is 0. The average molecular weight is 825 g/mol. The van der Waals surface area contributed by atoms with Crippen molar-refractivity contribution in [2.24, 2.45) is 0 Å². The molecular weight excluding hydrogens is 785 g/mol. The fourth-order valence-corrected chi connectivity index (χ4v) is 11.7. The Morgan fingerprint density at radius 2 is 0.908 bits per heavy atom. The predicted molar refractivity (Wildman–Crippen MR) is 274 cm³/mol. The molecule has 0 bridgehead atoms. The molecule has 0 atom stereocenters. The van der Waals surface area contributed by atoms with Crippen molar-refractivity contribution >= 4 is 76.7 Å². The predicted octanol–water partition coefficient (Wildman–Crippen LogP) is 16.6. The number of hydrogen-bond acceptors (Lipinski definition) is 1. The summed E-state index contributed by atoms with van der Waals surface area (Å²) in [5, 5.41) is 10.1. The molecule has 0 saturated heterocycles. The van der Waals surface area contributed by atoms with Gasteiger partial charge in [-0.3, -0.25) is 0 Å². The Kier molecular flexibility index (Phi) is 7.64. The van der Waals surface area contributed by atoms with Crippen LogP contribution in [-0.4, -0.2) is 4.40 Å². The van der Waals surface area contributed by atoms with E-state index in [9.17, 15) is 0 Å². The van der Waals surface area contributed by atoms with Crippen molar-refractivity contribution in [3.8, 4) is 22.3 Å². The summed E-state index contributed by atoms with van der Waals surface area (Å²) in [5.41, 5.74) is 16.5. The molecule has 0 amide bonds. The number of para-hydroxylation sites is 1. The van der Waals surface area contributed by atoms with Gasteiger partial charge in [0.1, 0.15) is 0 Å². The van der Waals surface area contributed by atoms with Crippen LogP contribution in [0.4, 0.5) is 17.1 Å². The quantitative estimate of drug-likeness (QED) is 0.120. The first-order valence-electron chi connectivity index (χ1n) is 22.6. The summed E-state index contributed by atoms with van der Waals surface area (Å²) in [5.74, 6) is 0. The molecule has 0 fully saturated rings. The second-order valence-corrected chi connectivity index (χ2v) is 17.6. The zero-order chi connectivity index (χ0) is 42.6. The van der Waals surface area contributed by atoms with Crippen LogP contribution in [0.3, 0.4) is 0 Å². The van der Waals surface area contributed by atoms with Crippen LogP contribution in [-0.2, 0) is 5.41 Å². The molecule has 13 aromatic rings. The van der Waals surface area contributed by atoms with Gasteiger partial charge in [-0.25, -0.2) is 0 Å². The summed E-state index contributed by atoms with van der Waals surface area (Å²) in [6.45, 7) is 0. The highest BCUT2D eigenvalue weighted by Gasteiger charge is 2.46. The van der Waals surface area contributed by atoms with Crippen molar-refractivity contribution in [3.05, 3.63) is 265 Å². The molecule has 2 heterocycles. The van der Waals surface area contributed by atoms with Crippen LogP contribution in [0.1, 0.15) is 22.3 Å². The monoisotopic (exact) mass is 824 g/mol. The van der Waals surface area contributed by atoms with Gasteiger partial charge in [-0.05, 0) is 97.1 Å². The molecule has 65 heavy (non-hydrogen) atoms. The Morgan fingerprint density at radius 3 is 1.69 bits per heavy atom. The third kappa shape index (κ3) is 4.99. The van der Waals surface area contributed by atoms with E-state index in [-0.39, 0.29) is 0 Å². The van der Waals surface area contributed by atoms with E-state index >= 15 is 0 Å². The summed E-state index contributed by atoms with van der Waals surface area (Å²) >= 11 is 0. The lowest BCUT2D eigenvalue weighted by atomic mass is 9.67. The molecule has 14 rings (SSSR count). The highest BCUT2D eigenvalue weighted by Crippen LogP contribution is 2.57. The summed E-state index contributed by atoms with van der Waals surface area (Å²) < 4.78 is 2.53. The molecule has 0 N–H and O–H groups in total. The number of aromatic nitrogens is 1. The molecule has 11 aromatic carbocycles. The SMILES string of the molecule is c1ccc(-c2ccc(N(c3ccc4c(c3)C(c3ccccc3)(c3ccccc3)c3ccccc3-4)c3ccc4c5cccc6c7cccc8cccc(c87)n(c4c3)c65)c3ccccc23)cc1. The Hall–Kier alpha value is -8.46. The van der Waals surface area contributed by atoms with Crippen LogP contribution in [0, 0.1) is 0 Å². The number of fused-ring (bicyclic) bond motifs is 9. The molecule has 0 radical (unpaired) electrons. The normalized spacial score (nSPS) is 13.0. The highest BCUT2D eigenvalue weighted by molar-refractivity contribution is 6.27. The highest BCUT2D eigenvalue weighted by atomic mass is 15.1. The molecule has 2 heteroatoms. The molecule has 2 aromatic heterocycles. The maximum Gasteiger partial charge on any atom is 0.0714 e. The van der Waals surface area contributed by atoms with Crippen LogP contribution < -0.4 is 4.90 Å². The van der Waals surface area contributed by atoms with E-state index in [0.717, 1.165) is 17.1 Å². The first-order chi connectivity index (χ1) is 32.3. The van der Waals surface area contributed by atoms with Crippen molar-refractivity contribution < 1.29 is 0 Å². The van der Waals surface area contributed by atoms with Gasteiger partial charge in [-0.15, -0.1) is 0 Å². The standard InChI is InChI=1S/C63H40N2/c1-4-17-41(18-5-1)47-37-38-58(51-27-11-10-25-48(47)51)64(46-34-36-52-54-29-16-30-55-53-28-14-19-42-20-15-32-59(61(42)53)65(62(54)55)60(52)40-46)45-33-35-50-49-26-12-13-31-56(49)63(57(50)39-45,43-21-6-2-7-22-43)44-23-8-3-9-24-44/h1-40H. The van der Waals surface area contributed by atoms with Crippen LogP contribution in [0.15, 0.2) is 243 Å². The number of hydrogen-bond donors (Lipinski definition) is 0. The van der Waals surface area contributed by atoms with Crippen LogP contribution in [0.25, 0.3) is 81.9 Å². The van der Waals surface area contributed by atoms with Gasteiger partial charge >= 0.3 is 0 Å². The number of anilines is 3. The minimum Gasteiger partial charge on any atom is -0.310 e. The van der Waals surface area contributed by atoms with Gasteiger partial charge in [0.2, 0.25) is 0 Å². The summed E-state index contributed by atoms with van der Waals surface area (Å²) in [4.78, 5) is 2.52. The Bertz CT molecular complexity index is 3950. The third-order valence-electron chi connectivity index (χ3n) is 14.4. The Labute approximate surface area is 376 Å². The molecule has 2 nitrogen and oxygen atoms in total. The van der Waals surface area contributed by atoms with Gasteiger partial charge in [-0.1, -0.05) is 206 Å². The third-order valence-corrected chi connectivity index (χ3v) is 14.4. The van der Waals surface area contributed by atoms with Crippen molar-refractivity contribution in [3.63, 3.8) is 0 Å². The van der Waals surface area contributed by atoms with Gasteiger partial charge in [0.25, 0.3) is 0 Å². The van der Waals surface area contributed by atoms with Gasteiger partial charge in [0.15, 0.2) is 0 Å². The molecule has 1 aliphatic carbocycles. The molecule has 0 unspecified atom stereocenters. The minimum absolute atomic E-state index is 0.536. The first-order valence-corrected chi connectivity index (χ1v) is 22.6. The Morgan fingerprint density at radius 1 is 0.338 bits per heavy atom. The lowest BCUT2D eigenvalue weighted by Gasteiger charge is -2.35. The second kappa shape index (κ2) is 13.8. The van der Waals surface area contributed by atoms with E-state index in [1.54, 1.807) is 0 Å². The van der Waals surface area contributed by atoms with Gasteiger partial charge in [0, 0.05) is 38.3 Å². The van der Waals surface area contributed by atoms with Crippen LogP contribution in [0.2, 0.25) is 0 Å². The number of nitrogens with zero attached hydrogens (tertiary/aromatic N) is 2. The molecule has 1 aliphatic rings. The van der Waals surface area contributed by atoms with Crippen molar-refractivity contribution in [2.45, 2.75) is 5.41 Å². The van der Waals surface area contributed by atoms with Gasteiger partial charge in [0.05, 0.1) is 27.7 Å². The minimum atomic E-state index is -0.536. The van der Waals surface area contributed by atoms with Gasteiger partial charge in [-0.2, -0.15) is 0 Å². The van der Waals surface area contributed by atoms with E-state index in [0.29, 0.717) is 0 Å². The maximum absolute atomic E-state index is 2.53. The van der Waals surface area contributed by atoms with E-state index in [1.165, 1.54) is 104 Å². The molecule has 302 valence electrons. The van der Waals surface area contributed by atoms with E-state index < -0.39 is 5.41 Å². The smallest absolute Gasteiger partial charge is 0.0714 e. The summed E-state index contributed by atoms with van der Waals surface area (Å²) in [7, 11) is 0. The van der Waals surface area contributed by atoms with E-state index in [1.807, 2.05) is 0 Å². The van der Waals surface area contributed by atoms with Gasteiger partial charge < -0.3 is 9.30 Å². The number of benzene rings is 11. The summed E-state index contributed by atoms with van der Waals surface area (Å²) in [6, 6.07) is 90.3. The van der Waals surface area contributed by atoms with E-state index in [2.05, 4.69) is 252 Å². The lowest BCUT2D eigenvalue weighted by molar-refractivity contribution is 0.768. The molecule has 0 saturated carbocycles. The maximum atomic E-state index is 2.53. The molecule has 0 aliphatic heterocycles. The number of rotatable bonds is 6. The van der Waals surface area contributed by atoms with E-state index in [4.69, 9.17) is 0 Å². The topological polar surface area (TPSA) is 7.65 Å². The average Bonchev–Trinajstić information content (AvgIpc) is 3.87. The Balaban J connectivity index is 1.09. The lowest BCUT2D eigenvalue weighted by Crippen LogP contribution is -2.28. The van der Waals surface area contributed by atoms with Crippen molar-refractivity contribution in [1.29, 1.82) is 0 Å². The van der Waals surface area contributed by atoms with Crippen LogP contribution >= 0.6 is 0 Å². The second-order valence-electron chi connectivity index (χ2n) is 17.6. The van der Waals surface area contributed by atoms with Crippen LogP contribution in [0.5, 0.6) is 0 Å². The molecular formula is C63H40N2. The van der Waals surface area contributed by atoms with Crippen molar-refractivity contribution in [1.82, 2.24) is 4.40 Å². The van der Waals surface area contributed by atoms with Crippen molar-refractivity contribution in [2.75, 3.05) is 4.90 Å². The number of pyridine rings is 1. The first kappa shape index (κ1) is 36.1. The fourth-order valence-electron chi connectivity index (χ4n) is 11.7.